The molecule has 0 atom stereocenters. The van der Waals surface area contributed by atoms with E-state index in [-0.39, 0.29) is 5.91 Å². The fourth-order valence-electron chi connectivity index (χ4n) is 2.73. The van der Waals surface area contributed by atoms with Crippen molar-refractivity contribution in [3.63, 3.8) is 0 Å². The summed E-state index contributed by atoms with van der Waals surface area (Å²) in [6.07, 6.45) is 6.12. The van der Waals surface area contributed by atoms with E-state index in [0.29, 0.717) is 13.0 Å². The van der Waals surface area contributed by atoms with Gasteiger partial charge in [0.05, 0.1) is 18.3 Å². The standard InChI is InChI=1S/C19H21N3O/c1-15-7-2-3-8-16(15)9-6-11-19(23)21-14-18-20-13-17-10-4-5-12-22(17)18/h2-5,7-8,10,12-13H,6,9,11,14H2,1H3,(H,21,23). The van der Waals surface area contributed by atoms with Crippen LogP contribution in [0.15, 0.2) is 54.9 Å². The number of fused-ring (bicyclic) bond motifs is 1. The number of aryl methyl sites for hydroxylation is 2. The summed E-state index contributed by atoms with van der Waals surface area (Å²) < 4.78 is 1.99. The number of aromatic nitrogens is 2. The number of pyridine rings is 1. The number of nitrogens with one attached hydrogen (secondary N) is 1. The molecule has 2 aromatic heterocycles. The molecule has 3 rings (SSSR count). The Bertz CT molecular complexity index is 807. The molecule has 4 heteroatoms. The number of nitrogens with zero attached hydrogens (tertiary/aromatic N) is 2. The third-order valence-electron chi connectivity index (χ3n) is 4.07. The predicted molar refractivity (Wildman–Crippen MR) is 91.2 cm³/mol. The Kier molecular flexibility index (Phi) is 4.71. The first-order valence-electron chi connectivity index (χ1n) is 7.96. The Hall–Kier alpha value is -2.62. The molecule has 0 aliphatic carbocycles. The zero-order chi connectivity index (χ0) is 16.1. The number of imidazole rings is 1. The first-order valence-corrected chi connectivity index (χ1v) is 7.96. The number of rotatable bonds is 6. The molecule has 0 radical (unpaired) electrons. The molecule has 4 nitrogen and oxygen atoms in total. The van der Waals surface area contributed by atoms with E-state index in [1.54, 1.807) is 0 Å². The van der Waals surface area contributed by atoms with Crippen LogP contribution in [0.5, 0.6) is 0 Å². The van der Waals surface area contributed by atoms with Gasteiger partial charge in [-0.25, -0.2) is 4.98 Å². The molecule has 0 unspecified atom stereocenters. The van der Waals surface area contributed by atoms with Crippen molar-refractivity contribution in [3.8, 4) is 0 Å². The molecule has 1 amide bonds. The van der Waals surface area contributed by atoms with Crippen LogP contribution in [0.4, 0.5) is 0 Å². The zero-order valence-electron chi connectivity index (χ0n) is 13.3. The number of carbonyl (C=O) groups excluding carboxylic acids is 1. The fraction of sp³-hybridized carbons (Fsp3) is 0.263. The second-order valence-electron chi connectivity index (χ2n) is 5.73. The molecule has 0 saturated heterocycles. The monoisotopic (exact) mass is 307 g/mol. The topological polar surface area (TPSA) is 46.4 Å². The lowest BCUT2D eigenvalue weighted by molar-refractivity contribution is -0.121. The smallest absolute Gasteiger partial charge is 0.220 e. The summed E-state index contributed by atoms with van der Waals surface area (Å²) in [6.45, 7) is 2.57. The molecule has 118 valence electrons. The van der Waals surface area contributed by atoms with E-state index < -0.39 is 0 Å². The van der Waals surface area contributed by atoms with Crippen molar-refractivity contribution in [2.24, 2.45) is 0 Å². The van der Waals surface area contributed by atoms with Crippen LogP contribution in [0.3, 0.4) is 0 Å². The van der Waals surface area contributed by atoms with Crippen molar-refractivity contribution in [3.05, 3.63) is 71.8 Å². The average molecular weight is 307 g/mol. The van der Waals surface area contributed by atoms with Gasteiger partial charge in [0.1, 0.15) is 5.82 Å². The SMILES string of the molecule is Cc1ccccc1CCCC(=O)NCc1ncc2ccccn12. The highest BCUT2D eigenvalue weighted by molar-refractivity contribution is 5.75. The van der Waals surface area contributed by atoms with Crippen LogP contribution in [0.1, 0.15) is 29.8 Å². The van der Waals surface area contributed by atoms with Crippen molar-refractivity contribution < 1.29 is 4.79 Å². The van der Waals surface area contributed by atoms with E-state index in [1.165, 1.54) is 11.1 Å². The first-order chi connectivity index (χ1) is 11.2. The van der Waals surface area contributed by atoms with E-state index in [1.807, 2.05) is 47.1 Å². The number of hydrogen-bond acceptors (Lipinski definition) is 2. The van der Waals surface area contributed by atoms with E-state index in [4.69, 9.17) is 0 Å². The van der Waals surface area contributed by atoms with Gasteiger partial charge < -0.3 is 9.72 Å². The number of benzene rings is 1. The van der Waals surface area contributed by atoms with Crippen molar-refractivity contribution in [2.75, 3.05) is 0 Å². The van der Waals surface area contributed by atoms with Crippen molar-refractivity contribution in [1.29, 1.82) is 0 Å². The summed E-state index contributed by atoms with van der Waals surface area (Å²) >= 11 is 0. The highest BCUT2D eigenvalue weighted by Gasteiger charge is 2.06. The Balaban J connectivity index is 1.47. The minimum atomic E-state index is 0.0752. The number of amides is 1. The van der Waals surface area contributed by atoms with Crippen molar-refractivity contribution in [1.82, 2.24) is 14.7 Å². The summed E-state index contributed by atoms with van der Waals surface area (Å²) in [5.41, 5.74) is 3.65. The third-order valence-corrected chi connectivity index (χ3v) is 4.07. The molecule has 0 fully saturated rings. The molecule has 2 heterocycles. The van der Waals surface area contributed by atoms with Gasteiger partial charge in [0.2, 0.25) is 5.91 Å². The Labute approximate surface area is 136 Å². The maximum atomic E-state index is 12.0. The van der Waals surface area contributed by atoms with Gasteiger partial charge >= 0.3 is 0 Å². The highest BCUT2D eigenvalue weighted by Crippen LogP contribution is 2.11. The van der Waals surface area contributed by atoms with E-state index >= 15 is 0 Å². The molecule has 0 aliphatic rings. The summed E-state index contributed by atoms with van der Waals surface area (Å²) in [7, 11) is 0. The zero-order valence-corrected chi connectivity index (χ0v) is 13.3. The van der Waals surface area contributed by atoms with Crippen LogP contribution < -0.4 is 5.32 Å². The van der Waals surface area contributed by atoms with Gasteiger partial charge in [0, 0.05) is 12.6 Å². The Morgan fingerprint density at radius 2 is 2.00 bits per heavy atom. The lowest BCUT2D eigenvalue weighted by atomic mass is 10.0. The molecule has 0 aliphatic heterocycles. The Morgan fingerprint density at radius 3 is 2.87 bits per heavy atom. The quantitative estimate of drug-likeness (QED) is 0.759. The Morgan fingerprint density at radius 1 is 1.17 bits per heavy atom. The van der Waals surface area contributed by atoms with Crippen LogP contribution >= 0.6 is 0 Å². The van der Waals surface area contributed by atoms with Crippen LogP contribution in [-0.4, -0.2) is 15.3 Å². The largest absolute Gasteiger partial charge is 0.349 e. The van der Waals surface area contributed by atoms with Crippen molar-refractivity contribution in [2.45, 2.75) is 32.7 Å². The lowest BCUT2D eigenvalue weighted by Gasteiger charge is -2.07. The fourth-order valence-corrected chi connectivity index (χ4v) is 2.73. The number of hydrogen-bond donors (Lipinski definition) is 1. The third kappa shape index (κ3) is 3.77. The summed E-state index contributed by atoms with van der Waals surface area (Å²) in [4.78, 5) is 16.4. The molecular weight excluding hydrogens is 286 g/mol. The summed E-state index contributed by atoms with van der Waals surface area (Å²) in [5, 5.41) is 2.96. The summed E-state index contributed by atoms with van der Waals surface area (Å²) in [6, 6.07) is 14.3. The van der Waals surface area contributed by atoms with Gasteiger partial charge in [0.15, 0.2) is 0 Å². The molecule has 1 aromatic carbocycles. The first kappa shape index (κ1) is 15.3. The van der Waals surface area contributed by atoms with Gasteiger partial charge in [-0.05, 0) is 43.0 Å². The van der Waals surface area contributed by atoms with Gasteiger partial charge in [-0.3, -0.25) is 4.79 Å². The van der Waals surface area contributed by atoms with Crippen LogP contribution in [0.25, 0.3) is 5.52 Å². The van der Waals surface area contributed by atoms with Gasteiger partial charge in [-0.15, -0.1) is 0 Å². The van der Waals surface area contributed by atoms with E-state index in [9.17, 15) is 4.79 Å². The molecule has 23 heavy (non-hydrogen) atoms. The molecule has 0 bridgehead atoms. The predicted octanol–water partition coefficient (Wildman–Crippen LogP) is 3.28. The van der Waals surface area contributed by atoms with Crippen molar-refractivity contribution >= 4 is 11.4 Å². The molecule has 0 saturated carbocycles. The average Bonchev–Trinajstić information content (AvgIpc) is 2.98. The normalized spacial score (nSPS) is 10.8. The minimum absolute atomic E-state index is 0.0752. The summed E-state index contributed by atoms with van der Waals surface area (Å²) in [5.74, 6) is 0.930. The van der Waals surface area contributed by atoms with Gasteiger partial charge in [0.25, 0.3) is 0 Å². The van der Waals surface area contributed by atoms with Gasteiger partial charge in [-0.1, -0.05) is 30.3 Å². The van der Waals surface area contributed by atoms with Crippen LogP contribution in [-0.2, 0) is 17.8 Å². The molecule has 0 spiro atoms. The molecular formula is C19H21N3O. The number of carbonyl (C=O) groups is 1. The maximum absolute atomic E-state index is 12.0. The minimum Gasteiger partial charge on any atom is -0.349 e. The van der Waals surface area contributed by atoms with Gasteiger partial charge in [-0.2, -0.15) is 0 Å². The second-order valence-corrected chi connectivity index (χ2v) is 5.73. The maximum Gasteiger partial charge on any atom is 0.220 e. The van der Waals surface area contributed by atoms with E-state index in [0.717, 1.165) is 24.2 Å². The van der Waals surface area contributed by atoms with Crippen LogP contribution in [0.2, 0.25) is 0 Å². The highest BCUT2D eigenvalue weighted by atomic mass is 16.1. The van der Waals surface area contributed by atoms with Crippen LogP contribution in [0, 0.1) is 6.92 Å². The van der Waals surface area contributed by atoms with E-state index in [2.05, 4.69) is 29.4 Å². The lowest BCUT2D eigenvalue weighted by Crippen LogP contribution is -2.23. The second kappa shape index (κ2) is 7.09. The molecule has 1 N–H and O–H groups in total. The molecule has 3 aromatic rings.